The van der Waals surface area contributed by atoms with Gasteiger partial charge in [-0.2, -0.15) is 0 Å². The molecule has 0 bridgehead atoms. The van der Waals surface area contributed by atoms with Crippen LogP contribution in [0.1, 0.15) is 20.3 Å². The van der Waals surface area contributed by atoms with Gasteiger partial charge in [-0.05, 0) is 26.8 Å². The Hall–Kier alpha value is -0.770. The summed E-state index contributed by atoms with van der Waals surface area (Å²) in [6, 6.07) is 0.170. The van der Waals surface area contributed by atoms with Gasteiger partial charge in [-0.25, -0.2) is 4.79 Å². The number of hydrogen-bond acceptors (Lipinski definition) is 3. The van der Waals surface area contributed by atoms with E-state index < -0.39 is 0 Å². The minimum atomic E-state index is -0.279. The van der Waals surface area contributed by atoms with E-state index in [4.69, 9.17) is 5.73 Å². The van der Waals surface area contributed by atoms with Crippen molar-refractivity contribution in [3.63, 3.8) is 0 Å². The zero-order valence-electron chi connectivity index (χ0n) is 8.04. The Kier molecular flexibility index (Phi) is 5.45. The van der Waals surface area contributed by atoms with Crippen molar-refractivity contribution < 1.29 is 9.53 Å². The highest BCUT2D eigenvalue weighted by molar-refractivity contribution is 5.67. The number of methoxy groups -OCH3 is 1. The first-order chi connectivity index (χ1) is 5.63. The zero-order chi connectivity index (χ0) is 9.56. The van der Waals surface area contributed by atoms with Crippen LogP contribution in [-0.4, -0.2) is 37.2 Å². The van der Waals surface area contributed by atoms with Crippen molar-refractivity contribution >= 4 is 6.09 Å². The van der Waals surface area contributed by atoms with Crippen molar-refractivity contribution in [3.05, 3.63) is 0 Å². The van der Waals surface area contributed by atoms with E-state index in [-0.39, 0.29) is 12.1 Å². The highest BCUT2D eigenvalue weighted by Crippen LogP contribution is 2.01. The molecule has 12 heavy (non-hydrogen) atoms. The van der Waals surface area contributed by atoms with E-state index in [1.165, 1.54) is 7.11 Å². The topological polar surface area (TPSA) is 55.6 Å². The van der Waals surface area contributed by atoms with Gasteiger partial charge in [-0.3, -0.25) is 0 Å². The van der Waals surface area contributed by atoms with Crippen LogP contribution in [0.3, 0.4) is 0 Å². The number of hydrogen-bond donors (Lipinski definition) is 1. The quantitative estimate of drug-likeness (QED) is 0.686. The highest BCUT2D eigenvalue weighted by Gasteiger charge is 2.15. The first kappa shape index (κ1) is 11.2. The summed E-state index contributed by atoms with van der Waals surface area (Å²) >= 11 is 0. The normalized spacial score (nSPS) is 10.1. The van der Waals surface area contributed by atoms with E-state index in [1.807, 2.05) is 13.8 Å². The van der Waals surface area contributed by atoms with Crippen LogP contribution in [0.15, 0.2) is 0 Å². The Balaban J connectivity index is 3.95. The molecule has 0 radical (unpaired) electrons. The van der Waals surface area contributed by atoms with Crippen LogP contribution in [0.25, 0.3) is 0 Å². The van der Waals surface area contributed by atoms with Crippen LogP contribution in [0.5, 0.6) is 0 Å². The maximum atomic E-state index is 11.1. The van der Waals surface area contributed by atoms with E-state index in [0.29, 0.717) is 13.1 Å². The predicted molar refractivity (Wildman–Crippen MR) is 47.9 cm³/mol. The highest BCUT2D eigenvalue weighted by atomic mass is 16.5. The van der Waals surface area contributed by atoms with Gasteiger partial charge in [0.15, 0.2) is 0 Å². The predicted octanol–water partition coefficient (Wildman–Crippen LogP) is 0.812. The molecule has 0 rings (SSSR count). The number of nitrogens with zero attached hydrogens (tertiary/aromatic N) is 1. The third-order valence-electron chi connectivity index (χ3n) is 1.64. The van der Waals surface area contributed by atoms with Gasteiger partial charge in [0.2, 0.25) is 0 Å². The lowest BCUT2D eigenvalue weighted by Crippen LogP contribution is -2.38. The monoisotopic (exact) mass is 174 g/mol. The van der Waals surface area contributed by atoms with Gasteiger partial charge in [0.05, 0.1) is 7.11 Å². The molecule has 4 nitrogen and oxygen atoms in total. The van der Waals surface area contributed by atoms with E-state index in [2.05, 4.69) is 4.74 Å². The Morgan fingerprint density at radius 1 is 1.58 bits per heavy atom. The smallest absolute Gasteiger partial charge is 0.409 e. The van der Waals surface area contributed by atoms with Gasteiger partial charge in [0.25, 0.3) is 0 Å². The van der Waals surface area contributed by atoms with Gasteiger partial charge < -0.3 is 15.4 Å². The molecule has 2 N–H and O–H groups in total. The van der Waals surface area contributed by atoms with Crippen molar-refractivity contribution in [2.24, 2.45) is 5.73 Å². The molecule has 0 aromatic heterocycles. The van der Waals surface area contributed by atoms with Crippen LogP contribution in [-0.2, 0) is 4.74 Å². The number of amides is 1. The summed E-state index contributed by atoms with van der Waals surface area (Å²) < 4.78 is 4.62. The number of carbonyl (C=O) groups is 1. The molecule has 0 spiro atoms. The summed E-state index contributed by atoms with van der Waals surface area (Å²) in [6.07, 6.45) is 0.534. The Morgan fingerprint density at radius 2 is 2.17 bits per heavy atom. The van der Waals surface area contributed by atoms with E-state index in [1.54, 1.807) is 4.90 Å². The van der Waals surface area contributed by atoms with Crippen molar-refractivity contribution in [1.29, 1.82) is 0 Å². The first-order valence-corrected chi connectivity index (χ1v) is 4.18. The van der Waals surface area contributed by atoms with Crippen molar-refractivity contribution in [3.8, 4) is 0 Å². The lowest BCUT2D eigenvalue weighted by molar-refractivity contribution is 0.111. The summed E-state index contributed by atoms with van der Waals surface area (Å²) in [7, 11) is 1.39. The van der Waals surface area contributed by atoms with Crippen LogP contribution in [0.4, 0.5) is 4.79 Å². The van der Waals surface area contributed by atoms with Gasteiger partial charge in [-0.1, -0.05) is 0 Å². The Bertz CT molecular complexity index is 137. The summed E-state index contributed by atoms with van der Waals surface area (Å²) in [4.78, 5) is 12.8. The summed E-state index contributed by atoms with van der Waals surface area (Å²) in [5.74, 6) is 0. The van der Waals surface area contributed by atoms with E-state index in [9.17, 15) is 4.79 Å². The largest absolute Gasteiger partial charge is 0.453 e. The van der Waals surface area contributed by atoms with E-state index in [0.717, 1.165) is 6.42 Å². The third kappa shape index (κ3) is 3.57. The second kappa shape index (κ2) is 5.83. The minimum Gasteiger partial charge on any atom is -0.453 e. The van der Waals surface area contributed by atoms with E-state index >= 15 is 0 Å². The molecular formula is C8H18N2O2. The van der Waals surface area contributed by atoms with Crippen molar-refractivity contribution in [1.82, 2.24) is 4.90 Å². The lowest BCUT2D eigenvalue weighted by atomic mass is 10.3. The fourth-order valence-corrected chi connectivity index (χ4v) is 0.939. The lowest BCUT2D eigenvalue weighted by Gasteiger charge is -2.24. The zero-order valence-corrected chi connectivity index (χ0v) is 8.04. The standard InChI is InChI=1S/C8H18N2O2/c1-7(2)10(6-4-5-9)8(11)12-3/h7H,4-6,9H2,1-3H3. The number of nitrogens with two attached hydrogens (primary N) is 1. The molecule has 0 aliphatic carbocycles. The van der Waals surface area contributed by atoms with Crippen LogP contribution < -0.4 is 5.73 Å². The average molecular weight is 174 g/mol. The maximum absolute atomic E-state index is 11.1. The Morgan fingerprint density at radius 3 is 2.50 bits per heavy atom. The van der Waals surface area contributed by atoms with Crippen LogP contribution in [0, 0.1) is 0 Å². The van der Waals surface area contributed by atoms with Crippen molar-refractivity contribution in [2.45, 2.75) is 26.3 Å². The number of ether oxygens (including phenoxy) is 1. The number of rotatable bonds is 4. The minimum absolute atomic E-state index is 0.170. The molecule has 0 aliphatic rings. The molecule has 0 aromatic rings. The van der Waals surface area contributed by atoms with Crippen LogP contribution >= 0.6 is 0 Å². The molecule has 0 atom stereocenters. The molecule has 0 saturated carbocycles. The molecule has 0 unspecified atom stereocenters. The molecule has 0 aromatic carbocycles. The molecule has 4 heteroatoms. The molecule has 0 heterocycles. The summed E-state index contributed by atoms with van der Waals surface area (Å²) in [5, 5.41) is 0. The summed E-state index contributed by atoms with van der Waals surface area (Å²) in [6.45, 7) is 5.17. The molecular weight excluding hydrogens is 156 g/mol. The fourth-order valence-electron chi connectivity index (χ4n) is 0.939. The molecule has 0 saturated heterocycles. The molecule has 72 valence electrons. The van der Waals surface area contributed by atoms with Gasteiger partial charge >= 0.3 is 6.09 Å². The first-order valence-electron chi connectivity index (χ1n) is 4.18. The van der Waals surface area contributed by atoms with Crippen molar-refractivity contribution in [2.75, 3.05) is 20.2 Å². The Labute approximate surface area is 73.7 Å². The second-order valence-electron chi connectivity index (χ2n) is 2.90. The summed E-state index contributed by atoms with van der Waals surface area (Å²) in [5.41, 5.74) is 5.34. The van der Waals surface area contributed by atoms with Crippen LogP contribution in [0.2, 0.25) is 0 Å². The average Bonchev–Trinajstić information content (AvgIpc) is 2.04. The number of carbonyl (C=O) groups excluding carboxylic acids is 1. The maximum Gasteiger partial charge on any atom is 0.409 e. The second-order valence-corrected chi connectivity index (χ2v) is 2.90. The molecule has 1 amide bonds. The molecule has 0 fully saturated rings. The fraction of sp³-hybridized carbons (Fsp3) is 0.875. The SMILES string of the molecule is COC(=O)N(CCCN)C(C)C. The molecule has 0 aliphatic heterocycles. The third-order valence-corrected chi connectivity index (χ3v) is 1.64. The van der Waals surface area contributed by atoms with Gasteiger partial charge in [0.1, 0.15) is 0 Å². The van der Waals surface area contributed by atoms with Gasteiger partial charge in [-0.15, -0.1) is 0 Å². The van der Waals surface area contributed by atoms with Gasteiger partial charge in [0, 0.05) is 12.6 Å².